The number of thioether (sulfide) groups is 1. The number of para-hydroxylation sites is 2. The highest BCUT2D eigenvalue weighted by atomic mass is 32.2. The van der Waals surface area contributed by atoms with Crippen molar-refractivity contribution in [1.29, 1.82) is 0 Å². The molecule has 0 saturated carbocycles. The lowest BCUT2D eigenvalue weighted by Gasteiger charge is -2.18. The number of hydrogen-bond donors (Lipinski definition) is 1. The molecule has 1 saturated heterocycles. The number of amides is 1. The molecule has 0 radical (unpaired) electrons. The van der Waals surface area contributed by atoms with Crippen LogP contribution in [0.1, 0.15) is 12.8 Å². The van der Waals surface area contributed by atoms with Crippen LogP contribution in [-0.2, 0) is 4.79 Å². The summed E-state index contributed by atoms with van der Waals surface area (Å²) in [4.78, 5) is 18.7. The fourth-order valence-corrected chi connectivity index (χ4v) is 3.68. The number of rotatable bonds is 5. The monoisotopic (exact) mass is 371 g/mol. The quantitative estimate of drug-likeness (QED) is 0.678. The second-order valence-corrected chi connectivity index (χ2v) is 7.10. The van der Waals surface area contributed by atoms with Crippen LogP contribution < -0.4 is 10.2 Å². The summed E-state index contributed by atoms with van der Waals surface area (Å²) in [5.41, 5.74) is 2.73. The number of carbonyl (C=O) groups is 1. The van der Waals surface area contributed by atoms with Crippen molar-refractivity contribution >= 4 is 40.1 Å². The smallest absolute Gasteiger partial charge is 0.257 e. The van der Waals surface area contributed by atoms with Gasteiger partial charge in [-0.1, -0.05) is 23.9 Å². The number of benzene rings is 2. The number of fused-ring (bicyclic) bond motifs is 1. The van der Waals surface area contributed by atoms with E-state index in [9.17, 15) is 9.18 Å². The zero-order chi connectivity index (χ0) is 17.9. The van der Waals surface area contributed by atoms with E-state index in [-0.39, 0.29) is 17.5 Å². The van der Waals surface area contributed by atoms with Gasteiger partial charge in [-0.25, -0.2) is 9.37 Å². The van der Waals surface area contributed by atoms with Crippen molar-refractivity contribution in [1.82, 2.24) is 4.98 Å². The van der Waals surface area contributed by atoms with Crippen LogP contribution in [0.5, 0.6) is 0 Å². The minimum Gasteiger partial charge on any atom is -0.431 e. The molecule has 1 amide bonds. The van der Waals surface area contributed by atoms with Gasteiger partial charge in [0.05, 0.1) is 5.75 Å². The summed E-state index contributed by atoms with van der Waals surface area (Å²) < 4.78 is 19.5. The SMILES string of the molecule is O=C(CSc1nc2ccccc2o1)Nc1cc(F)cc(N2CCCC2)c1. The van der Waals surface area contributed by atoms with Crippen LogP contribution in [0.3, 0.4) is 0 Å². The molecule has 0 unspecified atom stereocenters. The Labute approximate surface area is 154 Å². The van der Waals surface area contributed by atoms with Crippen molar-refractivity contribution in [3.05, 3.63) is 48.3 Å². The molecule has 1 aromatic heterocycles. The van der Waals surface area contributed by atoms with Crippen LogP contribution in [0.25, 0.3) is 11.1 Å². The van der Waals surface area contributed by atoms with E-state index in [0.29, 0.717) is 16.5 Å². The summed E-state index contributed by atoms with van der Waals surface area (Å²) >= 11 is 1.21. The lowest BCUT2D eigenvalue weighted by molar-refractivity contribution is -0.113. The van der Waals surface area contributed by atoms with Gasteiger partial charge in [-0.2, -0.15) is 0 Å². The number of anilines is 2. The Morgan fingerprint density at radius 3 is 2.85 bits per heavy atom. The first-order chi connectivity index (χ1) is 12.7. The second-order valence-electron chi connectivity index (χ2n) is 6.18. The molecule has 7 heteroatoms. The van der Waals surface area contributed by atoms with Gasteiger partial charge < -0.3 is 14.6 Å². The molecule has 0 bridgehead atoms. The van der Waals surface area contributed by atoms with Gasteiger partial charge in [-0.15, -0.1) is 0 Å². The summed E-state index contributed by atoms with van der Waals surface area (Å²) in [5.74, 6) is -0.436. The number of oxazole rings is 1. The molecule has 3 aromatic rings. The van der Waals surface area contributed by atoms with Crippen LogP contribution in [0.2, 0.25) is 0 Å². The molecule has 4 rings (SSSR count). The summed E-state index contributed by atoms with van der Waals surface area (Å²) in [5, 5.41) is 3.20. The van der Waals surface area contributed by atoms with Crippen molar-refractivity contribution in [3.63, 3.8) is 0 Å². The lowest BCUT2D eigenvalue weighted by atomic mass is 10.2. The minimum atomic E-state index is -0.351. The highest BCUT2D eigenvalue weighted by Crippen LogP contribution is 2.26. The minimum absolute atomic E-state index is 0.141. The third-order valence-corrected chi connectivity index (χ3v) is 5.07. The maximum atomic E-state index is 13.9. The summed E-state index contributed by atoms with van der Waals surface area (Å²) in [6.45, 7) is 1.84. The number of halogens is 1. The van der Waals surface area contributed by atoms with Gasteiger partial charge in [0, 0.05) is 24.5 Å². The Hall–Kier alpha value is -2.54. The van der Waals surface area contributed by atoms with Crippen LogP contribution >= 0.6 is 11.8 Å². The molecular weight excluding hydrogens is 353 g/mol. The van der Waals surface area contributed by atoms with Gasteiger partial charge >= 0.3 is 0 Å². The van der Waals surface area contributed by atoms with Crippen LogP contribution in [0.4, 0.5) is 15.8 Å². The maximum absolute atomic E-state index is 13.9. The van der Waals surface area contributed by atoms with Gasteiger partial charge in [0.2, 0.25) is 5.91 Å². The lowest BCUT2D eigenvalue weighted by Crippen LogP contribution is -2.19. The Bertz CT molecular complexity index is 904. The molecule has 134 valence electrons. The molecule has 0 aliphatic carbocycles. The number of aromatic nitrogens is 1. The topological polar surface area (TPSA) is 58.4 Å². The summed E-state index contributed by atoms with van der Waals surface area (Å²) in [6, 6.07) is 12.1. The van der Waals surface area contributed by atoms with Gasteiger partial charge in [0.25, 0.3) is 5.22 Å². The van der Waals surface area contributed by atoms with Gasteiger partial charge in [-0.3, -0.25) is 4.79 Å². The molecule has 5 nitrogen and oxygen atoms in total. The Balaban J connectivity index is 1.39. The third kappa shape index (κ3) is 3.83. The molecule has 1 N–H and O–H groups in total. The van der Waals surface area contributed by atoms with E-state index in [2.05, 4.69) is 15.2 Å². The number of carbonyl (C=O) groups excluding carboxylic acids is 1. The molecule has 2 aromatic carbocycles. The van der Waals surface area contributed by atoms with E-state index in [1.54, 1.807) is 0 Å². The van der Waals surface area contributed by atoms with E-state index in [1.807, 2.05) is 30.3 Å². The van der Waals surface area contributed by atoms with Crippen molar-refractivity contribution in [2.24, 2.45) is 0 Å². The molecule has 0 atom stereocenters. The summed E-state index contributed by atoms with van der Waals surface area (Å²) in [6.07, 6.45) is 2.22. The molecule has 1 fully saturated rings. The second kappa shape index (κ2) is 7.37. The standard InChI is InChI=1S/C19H18FN3O2S/c20-13-9-14(11-15(10-13)23-7-3-4-8-23)21-18(24)12-26-19-22-16-5-1-2-6-17(16)25-19/h1-2,5-6,9-11H,3-4,7-8,12H2,(H,21,24). The van der Waals surface area contributed by atoms with Crippen molar-refractivity contribution in [3.8, 4) is 0 Å². The molecule has 26 heavy (non-hydrogen) atoms. The largest absolute Gasteiger partial charge is 0.431 e. The van der Waals surface area contributed by atoms with Crippen LogP contribution in [0, 0.1) is 5.82 Å². The molecule has 1 aliphatic heterocycles. The van der Waals surface area contributed by atoms with E-state index in [1.165, 1.54) is 23.9 Å². The van der Waals surface area contributed by atoms with Crippen LogP contribution in [-0.4, -0.2) is 29.7 Å². The Kier molecular flexibility index (Phi) is 4.79. The average Bonchev–Trinajstić information content (AvgIpc) is 3.29. The van der Waals surface area contributed by atoms with E-state index in [0.717, 1.165) is 37.1 Å². The highest BCUT2D eigenvalue weighted by Gasteiger charge is 2.15. The zero-order valence-electron chi connectivity index (χ0n) is 14.1. The maximum Gasteiger partial charge on any atom is 0.257 e. The van der Waals surface area contributed by atoms with Crippen LogP contribution in [0.15, 0.2) is 52.1 Å². The third-order valence-electron chi connectivity index (χ3n) is 4.24. The molecular formula is C19H18FN3O2S. The van der Waals surface area contributed by atoms with Gasteiger partial charge in [0.15, 0.2) is 5.58 Å². The summed E-state index contributed by atoms with van der Waals surface area (Å²) in [7, 11) is 0. The van der Waals surface area contributed by atoms with Crippen molar-refractivity contribution in [2.75, 3.05) is 29.1 Å². The predicted molar refractivity (Wildman–Crippen MR) is 101 cm³/mol. The molecule has 2 heterocycles. The zero-order valence-corrected chi connectivity index (χ0v) is 14.9. The fourth-order valence-electron chi connectivity index (χ4n) is 3.04. The van der Waals surface area contributed by atoms with Gasteiger partial charge in [0.1, 0.15) is 11.3 Å². The Morgan fingerprint density at radius 2 is 2.04 bits per heavy atom. The number of nitrogens with one attached hydrogen (secondary N) is 1. The fraction of sp³-hybridized carbons (Fsp3) is 0.263. The number of hydrogen-bond acceptors (Lipinski definition) is 5. The van der Waals surface area contributed by atoms with E-state index >= 15 is 0 Å². The normalized spacial score (nSPS) is 14.1. The van der Waals surface area contributed by atoms with E-state index in [4.69, 9.17) is 4.42 Å². The highest BCUT2D eigenvalue weighted by molar-refractivity contribution is 7.99. The Morgan fingerprint density at radius 1 is 1.23 bits per heavy atom. The van der Waals surface area contributed by atoms with Gasteiger partial charge in [-0.05, 0) is 43.2 Å². The van der Waals surface area contributed by atoms with Crippen molar-refractivity contribution in [2.45, 2.75) is 18.1 Å². The molecule has 0 spiro atoms. The predicted octanol–water partition coefficient (Wildman–Crippen LogP) is 4.30. The van der Waals surface area contributed by atoms with Crippen molar-refractivity contribution < 1.29 is 13.6 Å². The first-order valence-corrected chi connectivity index (χ1v) is 9.50. The first-order valence-electron chi connectivity index (χ1n) is 8.51. The first kappa shape index (κ1) is 16.9. The number of nitrogens with zero attached hydrogens (tertiary/aromatic N) is 2. The van der Waals surface area contributed by atoms with E-state index < -0.39 is 0 Å². The average molecular weight is 371 g/mol. The molecule has 1 aliphatic rings.